The molecular formula is C20H26N4O2S. The average molecular weight is 387 g/mol. The van der Waals surface area contributed by atoms with Crippen LogP contribution in [0.25, 0.3) is 10.6 Å². The van der Waals surface area contributed by atoms with Crippen LogP contribution in [-0.2, 0) is 11.2 Å². The number of benzene rings is 1. The van der Waals surface area contributed by atoms with E-state index >= 15 is 0 Å². The van der Waals surface area contributed by atoms with E-state index in [4.69, 9.17) is 5.73 Å². The first kappa shape index (κ1) is 19.5. The maximum Gasteiger partial charge on any atom is 0.263 e. The van der Waals surface area contributed by atoms with Gasteiger partial charge in [-0.3, -0.25) is 14.5 Å². The van der Waals surface area contributed by atoms with Crippen molar-refractivity contribution >= 4 is 23.2 Å². The number of carbonyl (C=O) groups is 2. The molecule has 0 aliphatic carbocycles. The Labute approximate surface area is 163 Å². The quantitative estimate of drug-likeness (QED) is 0.798. The molecule has 0 saturated carbocycles. The van der Waals surface area contributed by atoms with Crippen LogP contribution in [0.15, 0.2) is 24.3 Å². The first-order chi connectivity index (χ1) is 13.0. The minimum Gasteiger partial charge on any atom is -0.369 e. The Kier molecular flexibility index (Phi) is 6.23. The lowest BCUT2D eigenvalue weighted by molar-refractivity contribution is -0.119. The molecule has 0 radical (unpaired) electrons. The van der Waals surface area contributed by atoms with Crippen LogP contribution in [-0.4, -0.2) is 47.4 Å². The fraction of sp³-hybridized carbons (Fsp3) is 0.450. The zero-order valence-corrected chi connectivity index (χ0v) is 16.6. The first-order valence-corrected chi connectivity index (χ1v) is 10.2. The number of nitrogens with zero attached hydrogens (tertiary/aromatic N) is 2. The molecule has 2 amide bonds. The van der Waals surface area contributed by atoms with Crippen LogP contribution in [0.1, 0.15) is 40.7 Å². The Morgan fingerprint density at radius 3 is 2.52 bits per heavy atom. The molecule has 6 nitrogen and oxygen atoms in total. The van der Waals surface area contributed by atoms with Crippen molar-refractivity contribution in [3.8, 4) is 10.6 Å². The molecule has 27 heavy (non-hydrogen) atoms. The van der Waals surface area contributed by atoms with Crippen molar-refractivity contribution in [3.63, 3.8) is 0 Å². The number of hydrogen-bond donors (Lipinski definition) is 2. The summed E-state index contributed by atoms with van der Waals surface area (Å²) in [6, 6.07) is 8.45. The van der Waals surface area contributed by atoms with E-state index in [2.05, 4.69) is 41.5 Å². The molecule has 3 N–H and O–H groups in total. The summed E-state index contributed by atoms with van der Waals surface area (Å²) >= 11 is 1.44. The number of nitrogens with two attached hydrogens (primary N) is 1. The van der Waals surface area contributed by atoms with Crippen LogP contribution < -0.4 is 11.1 Å². The van der Waals surface area contributed by atoms with E-state index in [1.165, 1.54) is 16.9 Å². The van der Waals surface area contributed by atoms with E-state index in [1.54, 1.807) is 0 Å². The smallest absolute Gasteiger partial charge is 0.263 e. The molecule has 0 atom stereocenters. The van der Waals surface area contributed by atoms with E-state index in [1.807, 2.05) is 11.8 Å². The van der Waals surface area contributed by atoms with E-state index in [0.717, 1.165) is 48.6 Å². The summed E-state index contributed by atoms with van der Waals surface area (Å²) in [6.45, 7) is 5.83. The van der Waals surface area contributed by atoms with Gasteiger partial charge in [0.15, 0.2) is 0 Å². The van der Waals surface area contributed by atoms with Gasteiger partial charge >= 0.3 is 0 Å². The molecule has 0 spiro atoms. The second-order valence-corrected chi connectivity index (χ2v) is 7.97. The summed E-state index contributed by atoms with van der Waals surface area (Å²) in [4.78, 5) is 31.0. The summed E-state index contributed by atoms with van der Waals surface area (Å²) in [5.41, 5.74) is 8.33. The van der Waals surface area contributed by atoms with Crippen molar-refractivity contribution in [2.45, 2.75) is 39.2 Å². The number of hydrogen-bond acceptors (Lipinski definition) is 5. The second kappa shape index (κ2) is 8.63. The van der Waals surface area contributed by atoms with Gasteiger partial charge in [0, 0.05) is 24.7 Å². The molecule has 1 aliphatic rings. The SMILES string of the molecule is CCc1ccc(-c2nc(C)c(C(=O)NC3CCN(CC(N)=O)CC3)s2)cc1. The highest BCUT2D eigenvalue weighted by Gasteiger charge is 2.24. The van der Waals surface area contributed by atoms with Gasteiger partial charge in [0.25, 0.3) is 5.91 Å². The number of aryl methyl sites for hydroxylation is 2. The first-order valence-electron chi connectivity index (χ1n) is 9.34. The van der Waals surface area contributed by atoms with Gasteiger partial charge in [-0.15, -0.1) is 11.3 Å². The van der Waals surface area contributed by atoms with Crippen LogP contribution >= 0.6 is 11.3 Å². The fourth-order valence-electron chi connectivity index (χ4n) is 3.32. The van der Waals surface area contributed by atoms with Crippen molar-refractivity contribution in [2.75, 3.05) is 19.6 Å². The number of rotatable bonds is 6. The zero-order chi connectivity index (χ0) is 19.4. The number of nitrogens with one attached hydrogen (secondary N) is 1. The summed E-state index contributed by atoms with van der Waals surface area (Å²) in [7, 11) is 0. The molecule has 1 aliphatic heterocycles. The van der Waals surface area contributed by atoms with Gasteiger partial charge in [0.05, 0.1) is 12.2 Å². The van der Waals surface area contributed by atoms with Crippen LogP contribution in [0.5, 0.6) is 0 Å². The van der Waals surface area contributed by atoms with E-state index in [9.17, 15) is 9.59 Å². The standard InChI is InChI=1S/C20H26N4O2S/c1-3-14-4-6-15(7-5-14)20-22-13(2)18(27-20)19(26)23-16-8-10-24(11-9-16)12-17(21)25/h4-7,16H,3,8-12H2,1-2H3,(H2,21,25)(H,23,26). The molecular weight excluding hydrogens is 360 g/mol. The molecule has 144 valence electrons. The summed E-state index contributed by atoms with van der Waals surface area (Å²) in [5, 5.41) is 3.99. The maximum atomic E-state index is 12.7. The molecule has 7 heteroatoms. The van der Waals surface area contributed by atoms with Crippen LogP contribution in [0.3, 0.4) is 0 Å². The third-order valence-electron chi connectivity index (χ3n) is 4.91. The van der Waals surface area contributed by atoms with E-state index < -0.39 is 0 Å². The third-order valence-corrected chi connectivity index (χ3v) is 6.12. The minimum atomic E-state index is -0.308. The lowest BCUT2D eigenvalue weighted by Gasteiger charge is -2.31. The van der Waals surface area contributed by atoms with Gasteiger partial charge in [0.2, 0.25) is 5.91 Å². The molecule has 3 rings (SSSR count). The van der Waals surface area contributed by atoms with Crippen molar-refractivity contribution in [1.29, 1.82) is 0 Å². The molecule has 0 bridgehead atoms. The predicted molar refractivity (Wildman–Crippen MR) is 108 cm³/mol. The fourth-order valence-corrected chi connectivity index (χ4v) is 4.30. The summed E-state index contributed by atoms with van der Waals surface area (Å²) < 4.78 is 0. The van der Waals surface area contributed by atoms with Gasteiger partial charge in [-0.1, -0.05) is 31.2 Å². The van der Waals surface area contributed by atoms with Gasteiger partial charge in [-0.2, -0.15) is 0 Å². The Morgan fingerprint density at radius 1 is 1.26 bits per heavy atom. The monoisotopic (exact) mass is 386 g/mol. The number of primary amides is 1. The highest BCUT2D eigenvalue weighted by molar-refractivity contribution is 7.17. The molecule has 2 aromatic rings. The lowest BCUT2D eigenvalue weighted by Crippen LogP contribution is -2.46. The van der Waals surface area contributed by atoms with Gasteiger partial charge < -0.3 is 11.1 Å². The summed E-state index contributed by atoms with van der Waals surface area (Å²) in [5.74, 6) is -0.368. The van der Waals surface area contributed by atoms with Crippen molar-refractivity contribution in [3.05, 3.63) is 40.4 Å². The van der Waals surface area contributed by atoms with E-state index in [0.29, 0.717) is 4.88 Å². The molecule has 0 unspecified atom stereocenters. The Morgan fingerprint density at radius 2 is 1.93 bits per heavy atom. The molecule has 1 aromatic heterocycles. The molecule has 1 fully saturated rings. The number of amides is 2. The number of likely N-dealkylation sites (tertiary alicyclic amines) is 1. The Balaban J connectivity index is 1.62. The number of thiazole rings is 1. The second-order valence-electron chi connectivity index (χ2n) is 6.97. The number of piperidine rings is 1. The van der Waals surface area contributed by atoms with Crippen LogP contribution in [0, 0.1) is 6.92 Å². The number of aromatic nitrogens is 1. The molecule has 2 heterocycles. The topological polar surface area (TPSA) is 88.3 Å². The molecule has 1 aromatic carbocycles. The van der Waals surface area contributed by atoms with Gasteiger partial charge in [-0.05, 0) is 31.7 Å². The highest BCUT2D eigenvalue weighted by atomic mass is 32.1. The minimum absolute atomic E-state index is 0.0604. The lowest BCUT2D eigenvalue weighted by atomic mass is 10.0. The normalized spacial score (nSPS) is 15.6. The maximum absolute atomic E-state index is 12.7. The Bertz CT molecular complexity index is 808. The van der Waals surface area contributed by atoms with E-state index in [-0.39, 0.29) is 24.4 Å². The van der Waals surface area contributed by atoms with Crippen molar-refractivity contribution in [2.24, 2.45) is 5.73 Å². The number of carbonyl (C=O) groups excluding carboxylic acids is 2. The average Bonchev–Trinajstić information content (AvgIpc) is 3.05. The van der Waals surface area contributed by atoms with Gasteiger partial charge in [0.1, 0.15) is 9.88 Å². The highest BCUT2D eigenvalue weighted by Crippen LogP contribution is 2.28. The summed E-state index contributed by atoms with van der Waals surface area (Å²) in [6.07, 6.45) is 2.65. The zero-order valence-electron chi connectivity index (χ0n) is 15.8. The third kappa shape index (κ3) is 4.93. The molecule has 1 saturated heterocycles. The van der Waals surface area contributed by atoms with Crippen molar-refractivity contribution in [1.82, 2.24) is 15.2 Å². The van der Waals surface area contributed by atoms with Crippen LogP contribution in [0.4, 0.5) is 0 Å². The van der Waals surface area contributed by atoms with Crippen molar-refractivity contribution < 1.29 is 9.59 Å². The van der Waals surface area contributed by atoms with Crippen LogP contribution in [0.2, 0.25) is 0 Å². The predicted octanol–water partition coefficient (Wildman–Crippen LogP) is 2.36. The Hall–Kier alpha value is -2.25. The van der Waals surface area contributed by atoms with Gasteiger partial charge in [-0.25, -0.2) is 4.98 Å². The largest absolute Gasteiger partial charge is 0.369 e.